The van der Waals surface area contributed by atoms with Crippen molar-refractivity contribution in [3.8, 4) is 18.0 Å². The maximum absolute atomic E-state index is 12.5. The highest BCUT2D eigenvalue weighted by molar-refractivity contribution is 5.97. The quantitative estimate of drug-likeness (QED) is 0.0454. The number of hydrogen-bond donors (Lipinski definition) is 0. The monoisotopic (exact) mass is 1690 g/mol. The van der Waals surface area contributed by atoms with Gasteiger partial charge in [0.05, 0.1) is 49.9 Å². The first-order valence-electron chi connectivity index (χ1n) is 43.4. The van der Waals surface area contributed by atoms with Gasteiger partial charge in [-0.2, -0.15) is 29.9 Å². The fourth-order valence-electron chi connectivity index (χ4n) is 18.0. The van der Waals surface area contributed by atoms with Crippen molar-refractivity contribution >= 4 is 84.6 Å². The molecule has 0 bridgehead atoms. The van der Waals surface area contributed by atoms with Crippen LogP contribution in [0.3, 0.4) is 0 Å². The van der Waals surface area contributed by atoms with Gasteiger partial charge in [0.2, 0.25) is 37.4 Å². The zero-order chi connectivity index (χ0) is 87.3. The molecule has 3 unspecified atom stereocenters. The van der Waals surface area contributed by atoms with E-state index in [0.29, 0.717) is 130 Å². The minimum Gasteiger partial charge on any atom is -0.461 e. The van der Waals surface area contributed by atoms with Gasteiger partial charge < -0.3 is 97.0 Å². The average molecular weight is 1690 g/mol. The number of morpholine rings is 2. The van der Waals surface area contributed by atoms with E-state index in [4.69, 9.17) is 73.3 Å². The zero-order valence-corrected chi connectivity index (χ0v) is 72.7. The number of anilines is 6. The number of piperazine rings is 3. The van der Waals surface area contributed by atoms with Crippen LogP contribution in [0.2, 0.25) is 0 Å². The molecule has 29 heteroatoms. The summed E-state index contributed by atoms with van der Waals surface area (Å²) in [6.45, 7) is 53.7. The van der Waals surface area contributed by atoms with Gasteiger partial charge in [-0.15, -0.1) is 0 Å². The second-order valence-corrected chi connectivity index (χ2v) is 33.9. The third-order valence-corrected chi connectivity index (χ3v) is 25.3. The number of likely N-dealkylation sites (N-methyl/N-ethyl adjacent to an activating group) is 3. The fourth-order valence-corrected chi connectivity index (χ4v) is 18.0. The normalized spacial score (nSPS) is 19.9. The summed E-state index contributed by atoms with van der Waals surface area (Å²) in [5.74, 6) is 2.12. The molecule has 0 spiro atoms. The highest BCUT2D eigenvalue weighted by Gasteiger charge is 2.40. The Labute approximate surface area is 733 Å². The molecule has 29 nitrogen and oxygen atoms in total. The van der Waals surface area contributed by atoms with Gasteiger partial charge in [-0.3, -0.25) is 14.4 Å². The molecule has 9 aromatic rings. The van der Waals surface area contributed by atoms with Crippen molar-refractivity contribution in [2.24, 2.45) is 0 Å². The van der Waals surface area contributed by atoms with E-state index in [1.807, 2.05) is 14.1 Å². The molecule has 0 aliphatic carbocycles. The largest absolute Gasteiger partial charge is 0.461 e. The molecule has 3 aromatic heterocycles. The molecule has 0 saturated carbocycles. The number of hydrogen-bond acceptors (Lipinski definition) is 23. The Kier molecular flexibility index (Phi) is 27.9. The van der Waals surface area contributed by atoms with Crippen LogP contribution in [0.4, 0.5) is 34.5 Å². The summed E-state index contributed by atoms with van der Waals surface area (Å²) < 4.78 is 30.5. The summed E-state index contributed by atoms with van der Waals surface area (Å²) in [6, 6.07) is 45.0. The van der Waals surface area contributed by atoms with Crippen LogP contribution in [0.1, 0.15) is 47.6 Å². The number of amides is 3. The summed E-state index contributed by atoms with van der Waals surface area (Å²) in [5, 5.41) is 7.30. The lowest BCUT2D eigenvalue weighted by molar-refractivity contribution is -0.129. The number of aromatic nitrogens is 6. The molecular formula is C96H113N21O8. The van der Waals surface area contributed by atoms with Crippen LogP contribution < -0.4 is 43.6 Å². The maximum atomic E-state index is 12.5. The number of carbonyl (C=O) groups is 3. The lowest BCUT2D eigenvalue weighted by Gasteiger charge is -2.41. The molecule has 650 valence electrons. The minimum absolute atomic E-state index is 0.0458. The number of benzene rings is 6. The molecule has 6 aromatic carbocycles. The summed E-state index contributed by atoms with van der Waals surface area (Å²) in [5.41, 5.74) is 9.55. The van der Waals surface area contributed by atoms with E-state index in [-0.39, 0.29) is 73.2 Å². The number of ether oxygens (including phenoxy) is 5. The fraction of sp³-hybridized carbons (Fsp3) is 0.438. The van der Waals surface area contributed by atoms with Crippen molar-refractivity contribution in [3.63, 3.8) is 0 Å². The molecule has 8 aliphatic heterocycles. The van der Waals surface area contributed by atoms with Crippen LogP contribution in [0, 0.1) is 19.7 Å². The molecule has 5 atom stereocenters. The summed E-state index contributed by atoms with van der Waals surface area (Å²) in [4.78, 5) is 104. The lowest BCUT2D eigenvalue weighted by atomic mass is 10.0. The van der Waals surface area contributed by atoms with Gasteiger partial charge in [-0.1, -0.05) is 129 Å². The van der Waals surface area contributed by atoms with Crippen LogP contribution >= 0.6 is 0 Å². The van der Waals surface area contributed by atoms with Gasteiger partial charge in [-0.25, -0.2) is 19.7 Å². The van der Waals surface area contributed by atoms with Gasteiger partial charge in [0.15, 0.2) is 0 Å². The predicted octanol–water partition coefficient (Wildman–Crippen LogP) is 10.1. The Morgan fingerprint density at radius 1 is 0.432 bits per heavy atom. The number of carbonyl (C=O) groups excluding carboxylic acids is 3. The third-order valence-electron chi connectivity index (χ3n) is 25.3. The van der Waals surface area contributed by atoms with Crippen molar-refractivity contribution in [2.45, 2.75) is 88.6 Å². The molecule has 17 rings (SSSR count). The van der Waals surface area contributed by atoms with Gasteiger partial charge >= 0.3 is 18.0 Å². The van der Waals surface area contributed by atoms with E-state index >= 15 is 0 Å². The Balaban J connectivity index is 0.000000145. The maximum Gasteiger partial charge on any atom is 0.318 e. The van der Waals surface area contributed by atoms with Crippen molar-refractivity contribution in [1.82, 2.24) is 59.3 Å². The second kappa shape index (κ2) is 40.0. The first-order valence-corrected chi connectivity index (χ1v) is 43.4. The van der Waals surface area contributed by atoms with Gasteiger partial charge in [0.1, 0.15) is 67.6 Å². The predicted molar refractivity (Wildman–Crippen MR) is 489 cm³/mol. The Hall–Kier alpha value is -12.6. The average Bonchev–Trinajstić information content (AvgIpc) is 0.771. The van der Waals surface area contributed by atoms with E-state index in [9.17, 15) is 14.4 Å². The minimum atomic E-state index is -0.237. The molecule has 3 amide bonds. The molecule has 5 fully saturated rings. The molecule has 8 aliphatic rings. The third kappa shape index (κ3) is 20.1. The molecule has 11 heterocycles. The van der Waals surface area contributed by atoms with Crippen LogP contribution in [0.5, 0.6) is 18.0 Å². The summed E-state index contributed by atoms with van der Waals surface area (Å²) in [6.07, 6.45) is 6.26. The highest BCUT2D eigenvalue weighted by atomic mass is 16.5. The topological polar surface area (TPSA) is 227 Å². The van der Waals surface area contributed by atoms with Crippen molar-refractivity contribution < 1.29 is 38.1 Å². The van der Waals surface area contributed by atoms with E-state index < -0.39 is 0 Å². The van der Waals surface area contributed by atoms with E-state index in [2.05, 4.69) is 234 Å². The first kappa shape index (κ1) is 87.3. The van der Waals surface area contributed by atoms with Gasteiger partial charge in [0.25, 0.3) is 0 Å². The number of fused-ring (bicyclic) bond motifs is 6. The summed E-state index contributed by atoms with van der Waals surface area (Å²) in [7, 11) is 8.24. The summed E-state index contributed by atoms with van der Waals surface area (Å²) >= 11 is 0. The molecule has 125 heavy (non-hydrogen) atoms. The molecular weight excluding hydrogens is 1580 g/mol. The Morgan fingerprint density at radius 2 is 0.752 bits per heavy atom. The van der Waals surface area contributed by atoms with E-state index in [1.165, 1.54) is 67.6 Å². The SMILES string of the molecule is [C-]#[N+]CC1CN(c2nc(OCC(C)(C)N(C)C)nc3c2CCN(c2cccc4ccccc24)C3)CCN1C(=O)C=C.[C-]#[N+]CC1CN(c2nc(OC[C@@H]3CN(C)CCO3)nc3c2CCN(c2cccc4ccccc24)C3)CCN1C(=O)C=C.[C-]#[N+]CC1CN(c2nc(OC[C@H]3CN(C)CCO3)nc3c2CCN(c2cccc4ccccc24)C3)CCN1C(=O)C=C. The molecule has 5 saturated heterocycles. The number of rotatable bonds is 22. The van der Waals surface area contributed by atoms with Gasteiger partial charge in [0, 0.05) is 160 Å². The van der Waals surface area contributed by atoms with Crippen LogP contribution in [-0.4, -0.2) is 298 Å². The second-order valence-electron chi connectivity index (χ2n) is 33.9. The zero-order valence-electron chi connectivity index (χ0n) is 72.7. The molecule has 0 N–H and O–H groups in total. The van der Waals surface area contributed by atoms with E-state index in [1.54, 1.807) is 14.7 Å². The van der Waals surface area contributed by atoms with Crippen LogP contribution in [0.25, 0.3) is 46.9 Å². The standard InChI is InChI=1S/2C32H37N7O3.C32H39N7O2/c2*1-4-30(40)39-15-14-38(19-24(39)18-33-2)31-27-12-13-37(29-11-7-9-23-8-5-6-10-26(23)29)21-28(27)34-32(35-31)42-22-25-20-36(3)16-17-41-25;1-7-29(40)39-18-17-38(20-24(39)19-33-4)30-26-15-16-37(28-14-10-12-23-11-8-9-13-25(23)28)21-27(26)34-31(35-30)41-22-32(2,3)36(5)6/h2*4-11,24-25H,1,12-22H2,3H3;7-14,24H,1,15-22H2,2-3,5-6H3/t2*24?,25-;/m10./s1. The van der Waals surface area contributed by atoms with E-state index in [0.717, 1.165) is 116 Å². The lowest BCUT2D eigenvalue weighted by Crippen LogP contribution is -2.56. The Morgan fingerprint density at radius 3 is 1.06 bits per heavy atom. The number of nitrogens with zero attached hydrogens (tertiary/aromatic N) is 21. The molecule has 0 radical (unpaired) electrons. The smallest absolute Gasteiger partial charge is 0.318 e. The van der Waals surface area contributed by atoms with Crippen molar-refractivity contribution in [3.05, 3.63) is 233 Å². The first-order chi connectivity index (χ1) is 60.8. The highest BCUT2D eigenvalue weighted by Crippen LogP contribution is 2.40. The Bertz CT molecular complexity index is 5310. The van der Waals surface area contributed by atoms with Gasteiger partial charge in [-0.05, 0) is 114 Å². The van der Waals surface area contributed by atoms with Crippen molar-refractivity contribution in [1.29, 1.82) is 0 Å². The van der Waals surface area contributed by atoms with Crippen LogP contribution in [-0.2, 0) is 62.8 Å². The van der Waals surface area contributed by atoms with Crippen molar-refractivity contribution in [2.75, 3.05) is 215 Å². The van der Waals surface area contributed by atoms with Crippen LogP contribution in [0.15, 0.2) is 165 Å².